The Morgan fingerprint density at radius 3 is 2.61 bits per heavy atom. The molecule has 3 aromatic rings. The van der Waals surface area contributed by atoms with E-state index in [4.69, 9.17) is 0 Å². The maximum Gasteiger partial charge on any atom is 0.251 e. The SMILES string of the molecule is CCCC(C)NC(=O)c1ccc(-c2nc3ccccc3[nH]2)cc1. The van der Waals surface area contributed by atoms with Gasteiger partial charge in [0.15, 0.2) is 0 Å². The minimum atomic E-state index is -0.0258. The molecule has 23 heavy (non-hydrogen) atoms. The maximum absolute atomic E-state index is 12.2. The molecule has 2 N–H and O–H groups in total. The summed E-state index contributed by atoms with van der Waals surface area (Å²) in [6.45, 7) is 4.15. The second-order valence-corrected chi connectivity index (χ2v) is 5.84. The summed E-state index contributed by atoms with van der Waals surface area (Å²) in [4.78, 5) is 20.1. The number of aromatic nitrogens is 2. The summed E-state index contributed by atoms with van der Waals surface area (Å²) >= 11 is 0. The number of carbonyl (C=O) groups is 1. The number of H-pyrrole nitrogens is 1. The molecule has 1 atom stereocenters. The van der Waals surface area contributed by atoms with E-state index in [0.717, 1.165) is 35.3 Å². The molecule has 4 nitrogen and oxygen atoms in total. The average Bonchev–Trinajstić information content (AvgIpc) is 2.99. The highest BCUT2D eigenvalue weighted by Gasteiger charge is 2.10. The van der Waals surface area contributed by atoms with Crippen molar-refractivity contribution in [2.24, 2.45) is 0 Å². The van der Waals surface area contributed by atoms with Crippen molar-refractivity contribution in [1.29, 1.82) is 0 Å². The molecule has 0 saturated carbocycles. The number of carbonyl (C=O) groups excluding carboxylic acids is 1. The van der Waals surface area contributed by atoms with Crippen LogP contribution in [0, 0.1) is 0 Å². The van der Waals surface area contributed by atoms with E-state index in [1.165, 1.54) is 0 Å². The van der Waals surface area contributed by atoms with E-state index in [0.29, 0.717) is 5.56 Å². The monoisotopic (exact) mass is 307 g/mol. The number of fused-ring (bicyclic) bond motifs is 1. The largest absolute Gasteiger partial charge is 0.350 e. The molecule has 2 aromatic carbocycles. The molecular weight excluding hydrogens is 286 g/mol. The molecule has 0 bridgehead atoms. The number of nitrogens with one attached hydrogen (secondary N) is 2. The highest BCUT2D eigenvalue weighted by Crippen LogP contribution is 2.20. The molecular formula is C19H21N3O. The number of hydrogen-bond acceptors (Lipinski definition) is 2. The van der Waals surface area contributed by atoms with Gasteiger partial charge < -0.3 is 10.3 Å². The fraction of sp³-hybridized carbons (Fsp3) is 0.263. The van der Waals surface area contributed by atoms with Crippen LogP contribution in [-0.2, 0) is 0 Å². The van der Waals surface area contributed by atoms with Crippen molar-refractivity contribution in [1.82, 2.24) is 15.3 Å². The Morgan fingerprint density at radius 2 is 1.91 bits per heavy atom. The summed E-state index contributed by atoms with van der Waals surface area (Å²) in [6.07, 6.45) is 2.05. The Bertz CT molecular complexity index is 772. The zero-order valence-electron chi connectivity index (χ0n) is 13.5. The molecule has 0 aliphatic heterocycles. The normalized spacial score (nSPS) is 12.3. The van der Waals surface area contributed by atoms with Gasteiger partial charge in [-0.15, -0.1) is 0 Å². The van der Waals surface area contributed by atoms with E-state index < -0.39 is 0 Å². The van der Waals surface area contributed by atoms with Crippen LogP contribution in [0.1, 0.15) is 37.0 Å². The first kappa shape index (κ1) is 15.3. The number of nitrogens with zero attached hydrogens (tertiary/aromatic N) is 1. The van der Waals surface area contributed by atoms with E-state index in [1.807, 2.05) is 55.5 Å². The predicted molar refractivity (Wildman–Crippen MR) is 93.4 cm³/mol. The van der Waals surface area contributed by atoms with Gasteiger partial charge in [-0.25, -0.2) is 4.98 Å². The van der Waals surface area contributed by atoms with Crippen molar-refractivity contribution in [2.75, 3.05) is 0 Å². The third-order valence-corrected chi connectivity index (χ3v) is 3.91. The molecule has 118 valence electrons. The molecule has 1 heterocycles. The summed E-state index contributed by atoms with van der Waals surface area (Å²) < 4.78 is 0. The van der Waals surface area contributed by atoms with Crippen molar-refractivity contribution in [2.45, 2.75) is 32.7 Å². The standard InChI is InChI=1S/C19H21N3O/c1-3-6-13(2)20-19(23)15-11-9-14(10-12-15)18-21-16-7-4-5-8-17(16)22-18/h4-5,7-13H,3,6H2,1-2H3,(H,20,23)(H,21,22). The highest BCUT2D eigenvalue weighted by molar-refractivity contribution is 5.94. The van der Waals surface area contributed by atoms with Crippen LogP contribution in [0.4, 0.5) is 0 Å². The Morgan fingerprint density at radius 1 is 1.17 bits per heavy atom. The molecule has 1 aromatic heterocycles. The second kappa shape index (κ2) is 6.65. The number of amides is 1. The van der Waals surface area contributed by atoms with E-state index in [9.17, 15) is 4.79 Å². The van der Waals surface area contributed by atoms with Gasteiger partial charge in [-0.1, -0.05) is 37.6 Å². The van der Waals surface area contributed by atoms with E-state index in [1.54, 1.807) is 0 Å². The molecule has 0 fully saturated rings. The molecule has 0 spiro atoms. The van der Waals surface area contributed by atoms with Gasteiger partial charge in [0.2, 0.25) is 0 Å². The average molecular weight is 307 g/mol. The number of imidazole rings is 1. The summed E-state index contributed by atoms with van der Waals surface area (Å²) in [7, 11) is 0. The van der Waals surface area contributed by atoms with Gasteiger partial charge in [-0.2, -0.15) is 0 Å². The first-order chi connectivity index (χ1) is 11.2. The second-order valence-electron chi connectivity index (χ2n) is 5.84. The lowest BCUT2D eigenvalue weighted by Crippen LogP contribution is -2.32. The molecule has 3 rings (SSSR count). The van der Waals surface area contributed by atoms with Crippen LogP contribution in [0.15, 0.2) is 48.5 Å². The summed E-state index contributed by atoms with van der Waals surface area (Å²) in [5.74, 6) is 0.791. The Kier molecular flexibility index (Phi) is 4.42. The van der Waals surface area contributed by atoms with Crippen LogP contribution in [0.2, 0.25) is 0 Å². The molecule has 1 unspecified atom stereocenters. The van der Waals surface area contributed by atoms with Crippen LogP contribution in [0.3, 0.4) is 0 Å². The van der Waals surface area contributed by atoms with Crippen LogP contribution in [0.5, 0.6) is 0 Å². The first-order valence-corrected chi connectivity index (χ1v) is 8.03. The first-order valence-electron chi connectivity index (χ1n) is 8.03. The van der Waals surface area contributed by atoms with Gasteiger partial charge in [-0.3, -0.25) is 4.79 Å². The Labute approximate surface area is 136 Å². The lowest BCUT2D eigenvalue weighted by Gasteiger charge is -2.12. The third-order valence-electron chi connectivity index (χ3n) is 3.91. The number of hydrogen-bond donors (Lipinski definition) is 2. The number of benzene rings is 2. The molecule has 0 aliphatic carbocycles. The summed E-state index contributed by atoms with van der Waals surface area (Å²) in [5, 5.41) is 3.02. The van der Waals surface area contributed by atoms with Gasteiger partial charge in [0.25, 0.3) is 5.91 Å². The Hall–Kier alpha value is -2.62. The van der Waals surface area contributed by atoms with E-state index >= 15 is 0 Å². The molecule has 1 amide bonds. The summed E-state index contributed by atoms with van der Waals surface area (Å²) in [6, 6.07) is 15.7. The summed E-state index contributed by atoms with van der Waals surface area (Å²) in [5.41, 5.74) is 3.60. The van der Waals surface area contributed by atoms with Crippen molar-refractivity contribution in [3.8, 4) is 11.4 Å². The topological polar surface area (TPSA) is 57.8 Å². The van der Waals surface area contributed by atoms with Gasteiger partial charge in [0.05, 0.1) is 11.0 Å². The van der Waals surface area contributed by atoms with Crippen LogP contribution >= 0.6 is 0 Å². The number of para-hydroxylation sites is 2. The lowest BCUT2D eigenvalue weighted by molar-refractivity contribution is 0.0938. The predicted octanol–water partition coefficient (Wildman–Crippen LogP) is 4.15. The van der Waals surface area contributed by atoms with Crippen molar-refractivity contribution >= 4 is 16.9 Å². The van der Waals surface area contributed by atoms with Gasteiger partial charge in [0, 0.05) is 17.2 Å². The van der Waals surface area contributed by atoms with E-state index in [-0.39, 0.29) is 11.9 Å². The quantitative estimate of drug-likeness (QED) is 0.744. The fourth-order valence-electron chi connectivity index (χ4n) is 2.68. The third kappa shape index (κ3) is 3.42. The minimum absolute atomic E-state index is 0.0258. The maximum atomic E-state index is 12.2. The van der Waals surface area contributed by atoms with Crippen molar-refractivity contribution in [3.05, 3.63) is 54.1 Å². The van der Waals surface area contributed by atoms with Crippen molar-refractivity contribution < 1.29 is 4.79 Å². The smallest absolute Gasteiger partial charge is 0.251 e. The van der Waals surface area contributed by atoms with Crippen LogP contribution in [-0.4, -0.2) is 21.9 Å². The zero-order valence-corrected chi connectivity index (χ0v) is 13.5. The molecule has 4 heteroatoms. The van der Waals surface area contributed by atoms with E-state index in [2.05, 4.69) is 22.2 Å². The number of rotatable bonds is 5. The van der Waals surface area contributed by atoms with Crippen LogP contribution < -0.4 is 5.32 Å². The Balaban J connectivity index is 1.77. The van der Waals surface area contributed by atoms with Gasteiger partial charge in [0.1, 0.15) is 5.82 Å². The highest BCUT2D eigenvalue weighted by atomic mass is 16.1. The number of aromatic amines is 1. The molecule has 0 radical (unpaired) electrons. The van der Waals surface area contributed by atoms with Gasteiger partial charge >= 0.3 is 0 Å². The molecule has 0 aliphatic rings. The zero-order chi connectivity index (χ0) is 16.2. The lowest BCUT2D eigenvalue weighted by atomic mass is 10.1. The van der Waals surface area contributed by atoms with Crippen molar-refractivity contribution in [3.63, 3.8) is 0 Å². The fourth-order valence-corrected chi connectivity index (χ4v) is 2.68. The minimum Gasteiger partial charge on any atom is -0.350 e. The molecule has 0 saturated heterocycles. The van der Waals surface area contributed by atoms with Gasteiger partial charge in [-0.05, 0) is 37.6 Å². The van der Waals surface area contributed by atoms with Crippen LogP contribution in [0.25, 0.3) is 22.4 Å².